The molecule has 1 heterocycles. The summed E-state index contributed by atoms with van der Waals surface area (Å²) in [5, 5.41) is 11.7. The Labute approximate surface area is 118 Å². The van der Waals surface area contributed by atoms with E-state index in [1.807, 2.05) is 6.92 Å². The Balaban J connectivity index is 2.70. The molecule has 0 spiro atoms. The fourth-order valence-electron chi connectivity index (χ4n) is 1.78. The molecule has 1 atom stereocenters. The summed E-state index contributed by atoms with van der Waals surface area (Å²) >= 11 is 0. The Morgan fingerprint density at radius 2 is 2.05 bits per heavy atom. The Morgan fingerprint density at radius 1 is 1.45 bits per heavy atom. The van der Waals surface area contributed by atoms with Gasteiger partial charge in [0.1, 0.15) is 11.8 Å². The summed E-state index contributed by atoms with van der Waals surface area (Å²) in [5.74, 6) is -0.297. The lowest BCUT2D eigenvalue weighted by atomic mass is 9.87. The maximum absolute atomic E-state index is 12.1. The van der Waals surface area contributed by atoms with Crippen LogP contribution in [0.1, 0.15) is 32.1 Å². The second-order valence-electron chi connectivity index (χ2n) is 5.94. The first-order chi connectivity index (χ1) is 9.12. The fourth-order valence-corrected chi connectivity index (χ4v) is 1.78. The van der Waals surface area contributed by atoms with E-state index >= 15 is 0 Å². The number of aryl methyl sites for hydroxylation is 1. The van der Waals surface area contributed by atoms with E-state index < -0.39 is 23.5 Å². The molecule has 0 bridgehead atoms. The summed E-state index contributed by atoms with van der Waals surface area (Å²) in [6.07, 6.45) is 1.56. The van der Waals surface area contributed by atoms with Crippen LogP contribution in [0.25, 0.3) is 0 Å². The summed E-state index contributed by atoms with van der Waals surface area (Å²) in [5.41, 5.74) is 0.332. The van der Waals surface area contributed by atoms with Crippen LogP contribution >= 0.6 is 0 Å². The van der Waals surface area contributed by atoms with Crippen molar-refractivity contribution in [3.05, 3.63) is 23.7 Å². The number of nitrogens with one attached hydrogen (secondary N) is 1. The van der Waals surface area contributed by atoms with Crippen LogP contribution in [0.4, 0.5) is 4.79 Å². The van der Waals surface area contributed by atoms with Gasteiger partial charge in [-0.2, -0.15) is 0 Å². The molecule has 112 valence electrons. The molecule has 0 saturated heterocycles. The van der Waals surface area contributed by atoms with Gasteiger partial charge < -0.3 is 19.7 Å². The average molecular weight is 282 g/mol. The Bertz CT molecular complexity index is 488. The van der Waals surface area contributed by atoms with Gasteiger partial charge in [-0.1, -0.05) is 20.8 Å². The molecule has 0 unspecified atom stereocenters. The van der Waals surface area contributed by atoms with Crippen LogP contribution in [0.3, 0.4) is 0 Å². The molecule has 20 heavy (non-hydrogen) atoms. The van der Waals surface area contributed by atoms with Gasteiger partial charge >= 0.3 is 12.0 Å². The van der Waals surface area contributed by atoms with Crippen molar-refractivity contribution in [1.82, 2.24) is 10.2 Å². The van der Waals surface area contributed by atoms with E-state index in [0.717, 1.165) is 11.3 Å². The van der Waals surface area contributed by atoms with Crippen molar-refractivity contribution in [3.8, 4) is 0 Å². The number of rotatable bonds is 4. The van der Waals surface area contributed by atoms with E-state index in [2.05, 4.69) is 5.32 Å². The molecule has 0 aliphatic rings. The molecule has 0 aliphatic carbocycles. The third-order valence-corrected chi connectivity index (χ3v) is 3.10. The fraction of sp³-hybridized carbons (Fsp3) is 0.571. The van der Waals surface area contributed by atoms with E-state index in [9.17, 15) is 14.7 Å². The highest BCUT2D eigenvalue weighted by molar-refractivity contribution is 5.83. The van der Waals surface area contributed by atoms with E-state index in [-0.39, 0.29) is 0 Å². The van der Waals surface area contributed by atoms with Gasteiger partial charge in [0.25, 0.3) is 0 Å². The number of hydrogen-bond donors (Lipinski definition) is 2. The Hall–Kier alpha value is -1.98. The minimum atomic E-state index is -1.04. The monoisotopic (exact) mass is 282 g/mol. The minimum absolute atomic E-state index is 0.366. The first-order valence-electron chi connectivity index (χ1n) is 6.40. The predicted octanol–water partition coefficient (Wildman–Crippen LogP) is 2.23. The van der Waals surface area contributed by atoms with Crippen LogP contribution in [0.5, 0.6) is 0 Å². The molecule has 0 aliphatic heterocycles. The van der Waals surface area contributed by atoms with Gasteiger partial charge in [-0.15, -0.1) is 0 Å². The molecule has 1 aromatic rings. The van der Waals surface area contributed by atoms with Crippen LogP contribution in [0, 0.1) is 12.3 Å². The number of aliphatic carboxylic acids is 1. The van der Waals surface area contributed by atoms with Crippen molar-refractivity contribution < 1.29 is 19.1 Å². The van der Waals surface area contributed by atoms with E-state index in [1.54, 1.807) is 40.1 Å². The summed E-state index contributed by atoms with van der Waals surface area (Å²) in [6.45, 7) is 7.49. The van der Waals surface area contributed by atoms with Gasteiger partial charge in [0.05, 0.1) is 12.8 Å². The molecule has 1 rings (SSSR count). The zero-order valence-electron chi connectivity index (χ0n) is 12.6. The van der Waals surface area contributed by atoms with Crippen LogP contribution < -0.4 is 5.32 Å². The molecule has 2 amide bonds. The molecule has 0 fully saturated rings. The highest BCUT2D eigenvalue weighted by Crippen LogP contribution is 2.20. The van der Waals surface area contributed by atoms with Crippen LogP contribution in [0.15, 0.2) is 16.7 Å². The van der Waals surface area contributed by atoms with Crippen molar-refractivity contribution in [2.45, 2.75) is 40.3 Å². The number of hydrogen-bond acceptors (Lipinski definition) is 3. The van der Waals surface area contributed by atoms with Gasteiger partial charge in [0, 0.05) is 12.6 Å². The lowest BCUT2D eigenvalue weighted by Crippen LogP contribution is -2.52. The normalized spacial score (nSPS) is 12.8. The number of carbonyl (C=O) groups is 2. The molecule has 6 nitrogen and oxygen atoms in total. The van der Waals surface area contributed by atoms with Crippen molar-refractivity contribution >= 4 is 12.0 Å². The summed E-state index contributed by atoms with van der Waals surface area (Å²) in [4.78, 5) is 24.7. The van der Waals surface area contributed by atoms with E-state index in [4.69, 9.17) is 4.42 Å². The lowest BCUT2D eigenvalue weighted by molar-refractivity contribution is -0.142. The second kappa shape index (κ2) is 5.98. The molecule has 0 aromatic carbocycles. The van der Waals surface area contributed by atoms with Gasteiger partial charge in [0.2, 0.25) is 0 Å². The van der Waals surface area contributed by atoms with Crippen molar-refractivity contribution in [2.24, 2.45) is 5.41 Å². The van der Waals surface area contributed by atoms with Gasteiger partial charge in [-0.25, -0.2) is 9.59 Å². The Kier molecular flexibility index (Phi) is 4.81. The average Bonchev–Trinajstić information content (AvgIpc) is 2.69. The number of urea groups is 1. The number of furan rings is 1. The van der Waals surface area contributed by atoms with Gasteiger partial charge in [0.15, 0.2) is 0 Å². The highest BCUT2D eigenvalue weighted by atomic mass is 16.4. The lowest BCUT2D eigenvalue weighted by Gasteiger charge is -2.29. The van der Waals surface area contributed by atoms with Crippen molar-refractivity contribution in [3.63, 3.8) is 0 Å². The quantitative estimate of drug-likeness (QED) is 0.887. The van der Waals surface area contributed by atoms with Crippen LogP contribution in [0.2, 0.25) is 0 Å². The number of carbonyl (C=O) groups excluding carboxylic acids is 1. The number of carboxylic acids is 1. The molecular formula is C14H22N2O4. The van der Waals surface area contributed by atoms with Gasteiger partial charge in [-0.3, -0.25) is 0 Å². The topological polar surface area (TPSA) is 82.8 Å². The number of amides is 2. The first kappa shape index (κ1) is 16.1. The molecule has 0 saturated carbocycles. The summed E-state index contributed by atoms with van der Waals surface area (Å²) in [6, 6.07) is 0.424. The standard InChI is InChI=1S/C14H22N2O4/c1-9-10(6-7-20-9)8-16(5)13(19)15-11(12(17)18)14(2,3)4/h6-7,11H,8H2,1-5H3,(H,15,19)(H,17,18)/t11-/m1/s1. The molecular weight excluding hydrogens is 260 g/mol. The minimum Gasteiger partial charge on any atom is -0.480 e. The summed E-state index contributed by atoms with van der Waals surface area (Å²) in [7, 11) is 1.61. The largest absolute Gasteiger partial charge is 0.480 e. The van der Waals surface area contributed by atoms with E-state index in [1.165, 1.54) is 4.90 Å². The second-order valence-corrected chi connectivity index (χ2v) is 5.94. The zero-order chi connectivity index (χ0) is 15.5. The predicted molar refractivity (Wildman–Crippen MR) is 74.3 cm³/mol. The van der Waals surface area contributed by atoms with Crippen molar-refractivity contribution in [2.75, 3.05) is 7.05 Å². The maximum atomic E-state index is 12.1. The van der Waals surface area contributed by atoms with Crippen LogP contribution in [-0.4, -0.2) is 35.1 Å². The van der Waals surface area contributed by atoms with E-state index in [0.29, 0.717) is 6.54 Å². The Morgan fingerprint density at radius 3 is 2.45 bits per heavy atom. The third-order valence-electron chi connectivity index (χ3n) is 3.10. The van der Waals surface area contributed by atoms with Crippen molar-refractivity contribution in [1.29, 1.82) is 0 Å². The first-order valence-corrected chi connectivity index (χ1v) is 6.40. The molecule has 1 aromatic heterocycles. The molecule has 6 heteroatoms. The SMILES string of the molecule is Cc1occc1CN(C)C(=O)N[C@H](C(=O)O)C(C)(C)C. The zero-order valence-corrected chi connectivity index (χ0v) is 12.6. The van der Waals surface area contributed by atoms with Gasteiger partial charge in [-0.05, 0) is 18.4 Å². The maximum Gasteiger partial charge on any atom is 0.326 e. The van der Waals surface area contributed by atoms with Crippen LogP contribution in [-0.2, 0) is 11.3 Å². The summed E-state index contributed by atoms with van der Waals surface area (Å²) < 4.78 is 5.17. The number of carboxylic acid groups (broad SMARTS) is 1. The smallest absolute Gasteiger partial charge is 0.326 e. The molecule has 2 N–H and O–H groups in total. The number of nitrogens with zero attached hydrogens (tertiary/aromatic N) is 1. The highest BCUT2D eigenvalue weighted by Gasteiger charge is 2.33. The third kappa shape index (κ3) is 4.01. The molecule has 0 radical (unpaired) electrons.